The van der Waals surface area contributed by atoms with E-state index in [9.17, 15) is 4.79 Å². The summed E-state index contributed by atoms with van der Waals surface area (Å²) in [4.78, 5) is 11.3. The fourth-order valence-electron chi connectivity index (χ4n) is 1.14. The summed E-state index contributed by atoms with van der Waals surface area (Å²) in [6.07, 6.45) is 0. The Labute approximate surface area is 89.4 Å². The van der Waals surface area contributed by atoms with Gasteiger partial charge >= 0.3 is 5.69 Å². The lowest BCUT2D eigenvalue weighted by molar-refractivity contribution is 0.414. The number of hydrogen-bond acceptors (Lipinski definition) is 4. The van der Waals surface area contributed by atoms with Gasteiger partial charge in [0.25, 0.3) is 0 Å². The van der Waals surface area contributed by atoms with Crippen molar-refractivity contribution in [2.45, 2.75) is 0 Å². The van der Waals surface area contributed by atoms with Crippen LogP contribution < -0.4 is 10.4 Å². The number of benzene rings is 1. The number of hydrogen-bond donors (Lipinski definition) is 1. The van der Waals surface area contributed by atoms with E-state index in [1.807, 2.05) is 0 Å². The molecule has 0 amide bonds. The van der Waals surface area contributed by atoms with Crippen molar-refractivity contribution < 1.29 is 4.74 Å². The first kappa shape index (κ1) is 9.72. The summed E-state index contributed by atoms with van der Waals surface area (Å²) >= 11 is 5.92. The second kappa shape index (κ2) is 3.74. The average Bonchev–Trinajstić information content (AvgIpc) is 2.65. The van der Waals surface area contributed by atoms with E-state index in [1.54, 1.807) is 18.2 Å². The van der Waals surface area contributed by atoms with Crippen LogP contribution in [0.3, 0.4) is 0 Å². The van der Waals surface area contributed by atoms with E-state index >= 15 is 0 Å². The largest absolute Gasteiger partial charge is 0.497 e. The molecule has 0 saturated carbocycles. The van der Waals surface area contributed by atoms with Crippen molar-refractivity contribution in [2.24, 2.45) is 0 Å². The molecule has 2 aromatic rings. The van der Waals surface area contributed by atoms with Crippen molar-refractivity contribution in [2.75, 3.05) is 7.11 Å². The molecule has 0 atom stereocenters. The van der Waals surface area contributed by atoms with Crippen LogP contribution in [0.5, 0.6) is 5.75 Å². The number of nitrogens with zero attached hydrogens (tertiary/aromatic N) is 3. The van der Waals surface area contributed by atoms with Crippen LogP contribution in [0.1, 0.15) is 0 Å². The Morgan fingerprint density at radius 1 is 1.53 bits per heavy atom. The molecular formula is C8H7ClN4O2. The number of nitrogens with one attached hydrogen (secondary N) is 1. The maximum absolute atomic E-state index is 11.3. The summed E-state index contributed by atoms with van der Waals surface area (Å²) in [6, 6.07) is 4.92. The zero-order chi connectivity index (χ0) is 10.8. The van der Waals surface area contributed by atoms with Crippen LogP contribution >= 0.6 is 11.6 Å². The Bertz CT molecular complexity index is 533. The van der Waals surface area contributed by atoms with Crippen molar-refractivity contribution in [3.8, 4) is 11.4 Å². The number of aromatic nitrogens is 4. The van der Waals surface area contributed by atoms with E-state index < -0.39 is 5.69 Å². The van der Waals surface area contributed by atoms with E-state index in [0.29, 0.717) is 16.5 Å². The van der Waals surface area contributed by atoms with E-state index in [-0.39, 0.29) is 0 Å². The predicted molar refractivity (Wildman–Crippen MR) is 53.5 cm³/mol. The first-order valence-electron chi connectivity index (χ1n) is 4.06. The molecule has 0 unspecified atom stereocenters. The Hall–Kier alpha value is -1.82. The van der Waals surface area contributed by atoms with Gasteiger partial charge in [-0.25, -0.2) is 9.89 Å². The number of tetrazole rings is 1. The fraction of sp³-hybridized carbons (Fsp3) is 0.125. The highest BCUT2D eigenvalue weighted by Gasteiger charge is 2.08. The quantitative estimate of drug-likeness (QED) is 0.815. The number of rotatable bonds is 2. The fourth-order valence-corrected chi connectivity index (χ4v) is 1.33. The standard InChI is InChI=1S/C8H7ClN4O2/c1-15-5-2-3-6(9)7(4-5)13-8(14)10-11-12-13/h2-4H,1H3,(H,10,12,14). The zero-order valence-electron chi connectivity index (χ0n) is 7.77. The number of H-pyrrole nitrogens is 1. The smallest absolute Gasteiger partial charge is 0.365 e. The number of methoxy groups -OCH3 is 1. The normalized spacial score (nSPS) is 10.3. The maximum atomic E-state index is 11.3. The Balaban J connectivity index is 2.62. The lowest BCUT2D eigenvalue weighted by Gasteiger charge is -2.04. The topological polar surface area (TPSA) is 72.8 Å². The van der Waals surface area contributed by atoms with Gasteiger partial charge in [0.15, 0.2) is 0 Å². The van der Waals surface area contributed by atoms with E-state index in [0.717, 1.165) is 4.68 Å². The monoisotopic (exact) mass is 226 g/mol. The molecule has 0 aliphatic heterocycles. The minimum atomic E-state index is -0.454. The van der Waals surface area contributed by atoms with Gasteiger partial charge in [-0.3, -0.25) is 0 Å². The molecule has 1 N–H and O–H groups in total. The van der Waals surface area contributed by atoms with Crippen LogP contribution in [0, 0.1) is 0 Å². The van der Waals surface area contributed by atoms with Crippen LogP contribution in [0.15, 0.2) is 23.0 Å². The minimum absolute atomic E-state index is 0.395. The van der Waals surface area contributed by atoms with Crippen LogP contribution in [0.2, 0.25) is 5.02 Å². The van der Waals surface area contributed by atoms with Crippen LogP contribution in [0.4, 0.5) is 0 Å². The molecule has 7 heteroatoms. The van der Waals surface area contributed by atoms with Crippen LogP contribution in [0.25, 0.3) is 5.69 Å². The Morgan fingerprint density at radius 2 is 2.33 bits per heavy atom. The molecule has 1 aromatic heterocycles. The molecule has 6 nitrogen and oxygen atoms in total. The SMILES string of the molecule is COc1ccc(Cl)c(-n2nn[nH]c2=O)c1. The van der Waals surface area contributed by atoms with Crippen molar-refractivity contribution in [1.29, 1.82) is 0 Å². The van der Waals surface area contributed by atoms with Crippen molar-refractivity contribution in [3.05, 3.63) is 33.7 Å². The van der Waals surface area contributed by atoms with Gasteiger partial charge in [0.05, 0.1) is 17.8 Å². The maximum Gasteiger partial charge on any atom is 0.365 e. The highest BCUT2D eigenvalue weighted by molar-refractivity contribution is 6.32. The zero-order valence-corrected chi connectivity index (χ0v) is 8.52. The molecule has 0 fully saturated rings. The summed E-state index contributed by atoms with van der Waals surface area (Å²) in [6.45, 7) is 0. The molecule has 0 radical (unpaired) electrons. The minimum Gasteiger partial charge on any atom is -0.497 e. The summed E-state index contributed by atoms with van der Waals surface area (Å²) in [5.74, 6) is 0.587. The summed E-state index contributed by atoms with van der Waals surface area (Å²) in [5.41, 5.74) is -0.0279. The van der Waals surface area contributed by atoms with Crippen molar-refractivity contribution in [1.82, 2.24) is 20.2 Å². The second-order valence-electron chi connectivity index (χ2n) is 2.74. The molecule has 0 bridgehead atoms. The summed E-state index contributed by atoms with van der Waals surface area (Å²) in [5, 5.41) is 9.53. The lowest BCUT2D eigenvalue weighted by Crippen LogP contribution is -2.16. The first-order chi connectivity index (χ1) is 7.22. The number of halogens is 1. The van der Waals surface area contributed by atoms with Gasteiger partial charge in [0, 0.05) is 6.07 Å². The molecule has 2 rings (SSSR count). The first-order valence-corrected chi connectivity index (χ1v) is 4.44. The highest BCUT2D eigenvalue weighted by Crippen LogP contribution is 2.23. The van der Waals surface area contributed by atoms with E-state index in [2.05, 4.69) is 15.5 Å². The molecule has 0 aliphatic carbocycles. The van der Waals surface area contributed by atoms with Gasteiger partial charge in [-0.15, -0.1) is 0 Å². The molecular weight excluding hydrogens is 220 g/mol. The van der Waals surface area contributed by atoms with Gasteiger partial charge in [-0.2, -0.15) is 4.68 Å². The molecule has 0 aliphatic rings. The predicted octanol–water partition coefficient (Wildman–Crippen LogP) is 0.618. The third kappa shape index (κ3) is 1.71. The van der Waals surface area contributed by atoms with Gasteiger partial charge in [0.2, 0.25) is 0 Å². The van der Waals surface area contributed by atoms with E-state index in [4.69, 9.17) is 16.3 Å². The third-order valence-corrected chi connectivity index (χ3v) is 2.17. The molecule has 1 aromatic carbocycles. The molecule has 78 valence electrons. The second-order valence-corrected chi connectivity index (χ2v) is 3.14. The Kier molecular flexibility index (Phi) is 2.42. The summed E-state index contributed by atoms with van der Waals surface area (Å²) < 4.78 is 6.08. The van der Waals surface area contributed by atoms with Crippen molar-refractivity contribution >= 4 is 11.6 Å². The van der Waals surface area contributed by atoms with Crippen LogP contribution in [-0.2, 0) is 0 Å². The van der Waals surface area contributed by atoms with Gasteiger partial charge in [0.1, 0.15) is 5.75 Å². The van der Waals surface area contributed by atoms with Gasteiger partial charge in [-0.1, -0.05) is 11.6 Å². The Morgan fingerprint density at radius 3 is 2.93 bits per heavy atom. The summed E-state index contributed by atoms with van der Waals surface area (Å²) in [7, 11) is 1.53. The highest BCUT2D eigenvalue weighted by atomic mass is 35.5. The van der Waals surface area contributed by atoms with Gasteiger partial charge in [-0.05, 0) is 22.6 Å². The van der Waals surface area contributed by atoms with Crippen LogP contribution in [-0.4, -0.2) is 27.3 Å². The van der Waals surface area contributed by atoms with Gasteiger partial charge < -0.3 is 4.74 Å². The molecule has 0 saturated heterocycles. The molecule has 1 heterocycles. The number of aromatic amines is 1. The van der Waals surface area contributed by atoms with Crippen molar-refractivity contribution in [3.63, 3.8) is 0 Å². The lowest BCUT2D eigenvalue weighted by atomic mass is 10.3. The molecule has 0 spiro atoms. The third-order valence-electron chi connectivity index (χ3n) is 1.85. The average molecular weight is 227 g/mol. The molecule has 15 heavy (non-hydrogen) atoms. The van der Waals surface area contributed by atoms with E-state index in [1.165, 1.54) is 7.11 Å². The number of ether oxygens (including phenoxy) is 1.